The van der Waals surface area contributed by atoms with Crippen LogP contribution in [0.25, 0.3) is 0 Å². The Morgan fingerprint density at radius 1 is 1.58 bits per heavy atom. The third-order valence-electron chi connectivity index (χ3n) is 2.14. The van der Waals surface area contributed by atoms with E-state index in [9.17, 15) is 15.2 Å². The molecule has 0 aliphatic heterocycles. The summed E-state index contributed by atoms with van der Waals surface area (Å²) >= 11 is 1.01. The Bertz CT molecular complexity index is 432. The van der Waals surface area contributed by atoms with Crippen LogP contribution in [0.1, 0.15) is 13.3 Å². The summed E-state index contributed by atoms with van der Waals surface area (Å²) in [5.74, 6) is 0.296. The van der Waals surface area contributed by atoms with Crippen molar-refractivity contribution in [3.05, 3.63) is 16.4 Å². The van der Waals surface area contributed by atoms with Gasteiger partial charge in [0.1, 0.15) is 6.33 Å². The smallest absolute Gasteiger partial charge is 0.343 e. The van der Waals surface area contributed by atoms with E-state index < -0.39 is 17.6 Å². The molecule has 0 bridgehead atoms. The molecule has 106 valence electrons. The van der Waals surface area contributed by atoms with Gasteiger partial charge in [-0.2, -0.15) is 0 Å². The zero-order chi connectivity index (χ0) is 14.3. The van der Waals surface area contributed by atoms with Gasteiger partial charge in [0, 0.05) is 12.3 Å². The lowest BCUT2D eigenvalue weighted by Gasteiger charge is -2.09. The Labute approximate surface area is 114 Å². The first-order chi connectivity index (χ1) is 9.10. The number of anilines is 1. The van der Waals surface area contributed by atoms with E-state index >= 15 is 0 Å². The fourth-order valence-electron chi connectivity index (χ4n) is 1.23. The Morgan fingerprint density at radius 3 is 2.89 bits per heavy atom. The number of aromatic nitrogens is 2. The highest BCUT2D eigenvalue weighted by Crippen LogP contribution is 2.32. The van der Waals surface area contributed by atoms with E-state index in [0.717, 1.165) is 18.2 Å². The number of hydrogen-bond acceptors (Lipinski definition) is 8. The zero-order valence-corrected chi connectivity index (χ0v) is 11.3. The summed E-state index contributed by atoms with van der Waals surface area (Å²) in [5.41, 5.74) is -0.203. The topological polar surface area (TPSA) is 121 Å². The van der Waals surface area contributed by atoms with E-state index in [4.69, 9.17) is 5.11 Å². The Hall–Kier alpha value is -1.45. The molecule has 1 aromatic heterocycles. The molecule has 8 nitrogen and oxygen atoms in total. The minimum absolute atomic E-state index is 0.127. The number of hydrogen-bond donors (Lipinski definition) is 3. The highest BCUT2D eigenvalue weighted by Gasteiger charge is 2.23. The van der Waals surface area contributed by atoms with Gasteiger partial charge in [0.2, 0.25) is 5.82 Å². The van der Waals surface area contributed by atoms with Gasteiger partial charge in [0.05, 0.1) is 17.6 Å². The number of aliphatic hydroxyl groups is 2. The van der Waals surface area contributed by atoms with E-state index in [1.54, 1.807) is 0 Å². The van der Waals surface area contributed by atoms with Crippen molar-refractivity contribution in [2.75, 3.05) is 24.2 Å². The van der Waals surface area contributed by atoms with Crippen molar-refractivity contribution in [3.8, 4) is 0 Å². The van der Waals surface area contributed by atoms with Gasteiger partial charge in [0.25, 0.3) is 0 Å². The normalized spacial score (nSPS) is 12.2. The molecule has 0 aromatic carbocycles. The van der Waals surface area contributed by atoms with Crippen LogP contribution in [0.15, 0.2) is 11.4 Å². The molecule has 0 spiro atoms. The van der Waals surface area contributed by atoms with Crippen LogP contribution in [-0.4, -0.2) is 50.1 Å². The predicted molar refractivity (Wildman–Crippen MR) is 71.3 cm³/mol. The molecule has 0 saturated heterocycles. The molecule has 1 heterocycles. The average molecular weight is 288 g/mol. The third kappa shape index (κ3) is 4.62. The fraction of sp³-hybridized carbons (Fsp3) is 0.600. The summed E-state index contributed by atoms with van der Waals surface area (Å²) in [6.07, 6.45) is 1.11. The van der Waals surface area contributed by atoms with Crippen molar-refractivity contribution >= 4 is 23.3 Å². The van der Waals surface area contributed by atoms with Crippen molar-refractivity contribution in [1.29, 1.82) is 0 Å². The zero-order valence-electron chi connectivity index (χ0n) is 10.4. The first-order valence-electron chi connectivity index (χ1n) is 5.75. The van der Waals surface area contributed by atoms with E-state index in [-0.39, 0.29) is 22.3 Å². The molecule has 1 atom stereocenters. The van der Waals surface area contributed by atoms with Crippen LogP contribution in [0.5, 0.6) is 0 Å². The molecule has 0 radical (unpaired) electrons. The number of thioether (sulfide) groups is 1. The van der Waals surface area contributed by atoms with Crippen molar-refractivity contribution in [2.24, 2.45) is 0 Å². The molecule has 0 amide bonds. The van der Waals surface area contributed by atoms with Crippen LogP contribution in [-0.2, 0) is 0 Å². The minimum Gasteiger partial charge on any atom is -0.394 e. The summed E-state index contributed by atoms with van der Waals surface area (Å²) in [6.45, 7) is 2.11. The highest BCUT2D eigenvalue weighted by molar-refractivity contribution is 7.99. The van der Waals surface area contributed by atoms with E-state index in [2.05, 4.69) is 15.3 Å². The van der Waals surface area contributed by atoms with Gasteiger partial charge >= 0.3 is 5.69 Å². The molecule has 19 heavy (non-hydrogen) atoms. The molecule has 9 heteroatoms. The second-order valence-electron chi connectivity index (χ2n) is 3.71. The number of nitrogens with zero attached hydrogens (tertiary/aromatic N) is 3. The van der Waals surface area contributed by atoms with Gasteiger partial charge in [-0.1, -0.05) is 18.7 Å². The van der Waals surface area contributed by atoms with Crippen LogP contribution in [0.4, 0.5) is 11.5 Å². The van der Waals surface area contributed by atoms with Crippen molar-refractivity contribution in [3.63, 3.8) is 0 Å². The molecule has 1 rings (SSSR count). The molecule has 1 aromatic rings. The van der Waals surface area contributed by atoms with Gasteiger partial charge in [-0.25, -0.2) is 9.97 Å². The molecule has 0 fully saturated rings. The summed E-state index contributed by atoms with van der Waals surface area (Å²) < 4.78 is 0. The standard InChI is InChI=1S/C10H16N4O4S/c1-2-3-11-9-8(14(17)18)10(13-6-12-9)19-5-7(16)4-15/h6-7,15-16H,2-5H2,1H3,(H,11,12,13). The highest BCUT2D eigenvalue weighted by atomic mass is 32.2. The van der Waals surface area contributed by atoms with Gasteiger partial charge in [-0.15, -0.1) is 0 Å². The Balaban J connectivity index is 2.92. The van der Waals surface area contributed by atoms with Crippen molar-refractivity contribution in [2.45, 2.75) is 24.5 Å². The van der Waals surface area contributed by atoms with E-state index in [0.29, 0.717) is 6.54 Å². The van der Waals surface area contributed by atoms with Gasteiger partial charge < -0.3 is 15.5 Å². The maximum atomic E-state index is 11.1. The van der Waals surface area contributed by atoms with Gasteiger partial charge in [-0.05, 0) is 6.42 Å². The number of nitro groups is 1. The van der Waals surface area contributed by atoms with Crippen LogP contribution in [0.3, 0.4) is 0 Å². The summed E-state index contributed by atoms with van der Waals surface area (Å²) in [5, 5.41) is 32.1. The maximum Gasteiger partial charge on any atom is 0.343 e. The lowest BCUT2D eigenvalue weighted by atomic mass is 10.4. The molecular weight excluding hydrogens is 272 g/mol. The van der Waals surface area contributed by atoms with Gasteiger partial charge in [-0.3, -0.25) is 10.1 Å². The molecule has 0 saturated carbocycles. The number of rotatable bonds is 8. The van der Waals surface area contributed by atoms with Crippen molar-refractivity contribution < 1.29 is 15.1 Å². The van der Waals surface area contributed by atoms with Crippen LogP contribution in [0, 0.1) is 10.1 Å². The molecule has 0 aliphatic carbocycles. The van der Waals surface area contributed by atoms with Crippen LogP contribution < -0.4 is 5.32 Å². The lowest BCUT2D eigenvalue weighted by molar-refractivity contribution is -0.387. The van der Waals surface area contributed by atoms with Crippen molar-refractivity contribution in [1.82, 2.24) is 9.97 Å². The van der Waals surface area contributed by atoms with Crippen LogP contribution >= 0.6 is 11.8 Å². The second kappa shape index (κ2) is 7.87. The van der Waals surface area contributed by atoms with Gasteiger partial charge in [0.15, 0.2) is 5.03 Å². The third-order valence-corrected chi connectivity index (χ3v) is 3.26. The molecule has 1 unspecified atom stereocenters. The number of aliphatic hydroxyl groups excluding tert-OH is 2. The Kier molecular flexibility index (Phi) is 6.46. The maximum absolute atomic E-state index is 11.1. The summed E-state index contributed by atoms with van der Waals surface area (Å²) in [6, 6.07) is 0. The lowest BCUT2D eigenvalue weighted by Crippen LogP contribution is -2.15. The fourth-order valence-corrected chi connectivity index (χ4v) is 2.12. The minimum atomic E-state index is -0.938. The average Bonchev–Trinajstić information content (AvgIpc) is 2.41. The molecule has 0 aliphatic rings. The Morgan fingerprint density at radius 2 is 2.32 bits per heavy atom. The first-order valence-corrected chi connectivity index (χ1v) is 6.73. The molecule has 3 N–H and O–H groups in total. The molecular formula is C10H16N4O4S. The quantitative estimate of drug-likeness (QED) is 0.276. The van der Waals surface area contributed by atoms with Crippen LogP contribution in [0.2, 0.25) is 0 Å². The monoisotopic (exact) mass is 288 g/mol. The van der Waals surface area contributed by atoms with E-state index in [1.165, 1.54) is 6.33 Å². The summed E-state index contributed by atoms with van der Waals surface area (Å²) in [7, 11) is 0. The largest absolute Gasteiger partial charge is 0.394 e. The van der Waals surface area contributed by atoms with E-state index in [1.807, 2.05) is 6.92 Å². The number of nitrogens with one attached hydrogen (secondary N) is 1. The summed E-state index contributed by atoms with van der Waals surface area (Å²) in [4.78, 5) is 18.2. The SMILES string of the molecule is CCCNc1ncnc(SCC(O)CO)c1[N+](=O)[O-]. The first kappa shape index (κ1) is 15.6. The predicted octanol–water partition coefficient (Wildman–Crippen LogP) is 0.652. The second-order valence-corrected chi connectivity index (χ2v) is 4.72.